The predicted molar refractivity (Wildman–Crippen MR) is 84.2 cm³/mol. The molecule has 20 heavy (non-hydrogen) atoms. The quantitative estimate of drug-likeness (QED) is 0.872. The van der Waals surface area contributed by atoms with Gasteiger partial charge in [0.25, 0.3) is 0 Å². The highest BCUT2D eigenvalue weighted by Crippen LogP contribution is 2.29. The molecule has 0 spiro atoms. The third kappa shape index (κ3) is 3.68. The molecule has 3 N–H and O–H groups in total. The van der Waals surface area contributed by atoms with Crippen molar-refractivity contribution < 1.29 is 4.74 Å². The van der Waals surface area contributed by atoms with Gasteiger partial charge >= 0.3 is 0 Å². The average Bonchev–Trinajstić information content (AvgIpc) is 2.37. The normalized spacial score (nSPS) is 10.7. The number of nitrogens with two attached hydrogens (primary N) is 1. The summed E-state index contributed by atoms with van der Waals surface area (Å²) in [5, 5.41) is 4.23. The zero-order chi connectivity index (χ0) is 14.7. The highest BCUT2D eigenvalue weighted by molar-refractivity contribution is 6.35. The SMILES string of the molecule is CC(C)Oc1nc(Nc2cc(Cl)ccc2Cl)ccc1N. The van der Waals surface area contributed by atoms with Crippen LogP contribution in [0, 0.1) is 0 Å². The number of halogens is 2. The van der Waals surface area contributed by atoms with Crippen LogP contribution < -0.4 is 15.8 Å². The zero-order valence-electron chi connectivity index (χ0n) is 11.2. The van der Waals surface area contributed by atoms with Crippen LogP contribution in [0.3, 0.4) is 0 Å². The van der Waals surface area contributed by atoms with Gasteiger partial charge in [0.1, 0.15) is 5.82 Å². The number of hydrogen-bond donors (Lipinski definition) is 2. The molecule has 0 aliphatic rings. The van der Waals surface area contributed by atoms with Crippen LogP contribution in [0.4, 0.5) is 17.2 Å². The summed E-state index contributed by atoms with van der Waals surface area (Å²) < 4.78 is 5.54. The van der Waals surface area contributed by atoms with Gasteiger partial charge in [-0.2, -0.15) is 4.98 Å². The summed E-state index contributed by atoms with van der Waals surface area (Å²) in [6.07, 6.45) is -0.00481. The predicted octanol–water partition coefficient (Wildman–Crippen LogP) is 4.50. The number of pyridine rings is 1. The summed E-state index contributed by atoms with van der Waals surface area (Å²) in [4.78, 5) is 4.32. The molecule has 0 aliphatic carbocycles. The van der Waals surface area contributed by atoms with Gasteiger partial charge in [0.15, 0.2) is 0 Å². The van der Waals surface area contributed by atoms with E-state index >= 15 is 0 Å². The zero-order valence-corrected chi connectivity index (χ0v) is 12.7. The van der Waals surface area contributed by atoms with Crippen molar-refractivity contribution in [2.75, 3.05) is 11.1 Å². The maximum atomic E-state index is 6.10. The summed E-state index contributed by atoms with van der Waals surface area (Å²) in [7, 11) is 0. The fourth-order valence-corrected chi connectivity index (χ4v) is 1.91. The van der Waals surface area contributed by atoms with Gasteiger partial charge in [0.2, 0.25) is 5.88 Å². The van der Waals surface area contributed by atoms with E-state index in [1.165, 1.54) is 0 Å². The topological polar surface area (TPSA) is 60.2 Å². The van der Waals surface area contributed by atoms with Crippen LogP contribution in [-0.2, 0) is 0 Å². The minimum absolute atomic E-state index is 0.00481. The van der Waals surface area contributed by atoms with Crippen molar-refractivity contribution in [3.8, 4) is 5.88 Å². The lowest BCUT2D eigenvalue weighted by Crippen LogP contribution is -2.09. The molecule has 0 unspecified atom stereocenters. The Bertz CT molecular complexity index is 617. The van der Waals surface area contributed by atoms with Crippen LogP contribution in [0.2, 0.25) is 10.0 Å². The Morgan fingerprint density at radius 3 is 2.65 bits per heavy atom. The van der Waals surface area contributed by atoms with E-state index < -0.39 is 0 Å². The second kappa shape index (κ2) is 6.20. The van der Waals surface area contributed by atoms with Gasteiger partial charge < -0.3 is 15.8 Å². The van der Waals surface area contributed by atoms with Crippen LogP contribution in [0.25, 0.3) is 0 Å². The van der Waals surface area contributed by atoms with Gasteiger partial charge in [-0.15, -0.1) is 0 Å². The molecule has 1 aromatic heterocycles. The van der Waals surface area contributed by atoms with E-state index in [0.717, 1.165) is 0 Å². The van der Waals surface area contributed by atoms with Gasteiger partial charge in [0, 0.05) is 5.02 Å². The molecule has 0 atom stereocenters. The minimum Gasteiger partial charge on any atom is -0.473 e. The van der Waals surface area contributed by atoms with E-state index in [4.69, 9.17) is 33.7 Å². The maximum absolute atomic E-state index is 6.10. The van der Waals surface area contributed by atoms with Gasteiger partial charge in [-0.1, -0.05) is 23.2 Å². The number of benzene rings is 1. The van der Waals surface area contributed by atoms with Crippen molar-refractivity contribution in [1.82, 2.24) is 4.98 Å². The number of aromatic nitrogens is 1. The number of rotatable bonds is 4. The first-order valence-electron chi connectivity index (χ1n) is 6.11. The molecule has 0 saturated carbocycles. The molecule has 1 aromatic carbocycles. The number of anilines is 3. The smallest absolute Gasteiger partial charge is 0.239 e. The lowest BCUT2D eigenvalue weighted by atomic mass is 10.3. The Balaban J connectivity index is 2.27. The van der Waals surface area contributed by atoms with Crippen molar-refractivity contribution in [2.24, 2.45) is 0 Å². The molecule has 0 radical (unpaired) electrons. The van der Waals surface area contributed by atoms with Crippen molar-refractivity contribution in [3.63, 3.8) is 0 Å². The van der Waals surface area contributed by atoms with Gasteiger partial charge in [-0.05, 0) is 44.2 Å². The number of nitrogens with zero attached hydrogens (tertiary/aromatic N) is 1. The number of nitrogen functional groups attached to an aromatic ring is 1. The molecule has 4 nitrogen and oxygen atoms in total. The fraction of sp³-hybridized carbons (Fsp3) is 0.214. The minimum atomic E-state index is -0.00481. The molecule has 106 valence electrons. The Morgan fingerprint density at radius 1 is 1.20 bits per heavy atom. The van der Waals surface area contributed by atoms with E-state index in [0.29, 0.717) is 33.1 Å². The van der Waals surface area contributed by atoms with Crippen LogP contribution >= 0.6 is 23.2 Å². The Morgan fingerprint density at radius 2 is 1.95 bits per heavy atom. The second-order valence-electron chi connectivity index (χ2n) is 4.51. The summed E-state index contributed by atoms with van der Waals surface area (Å²) in [6.45, 7) is 3.82. The molecule has 1 heterocycles. The van der Waals surface area contributed by atoms with E-state index in [1.54, 1.807) is 30.3 Å². The van der Waals surface area contributed by atoms with Crippen LogP contribution in [0.5, 0.6) is 5.88 Å². The largest absolute Gasteiger partial charge is 0.473 e. The monoisotopic (exact) mass is 311 g/mol. The van der Waals surface area contributed by atoms with Gasteiger partial charge in [0.05, 0.1) is 22.5 Å². The second-order valence-corrected chi connectivity index (χ2v) is 5.35. The van der Waals surface area contributed by atoms with Crippen molar-refractivity contribution >= 4 is 40.4 Å². The molecule has 0 saturated heterocycles. The van der Waals surface area contributed by atoms with E-state index in [-0.39, 0.29) is 6.10 Å². The summed E-state index contributed by atoms with van der Waals surface area (Å²) >= 11 is 12.0. The Labute approximate surface area is 127 Å². The Hall–Kier alpha value is -1.65. The van der Waals surface area contributed by atoms with Gasteiger partial charge in [-0.25, -0.2) is 0 Å². The molecule has 2 rings (SSSR count). The first kappa shape index (κ1) is 14.8. The van der Waals surface area contributed by atoms with E-state index in [1.807, 2.05) is 13.8 Å². The van der Waals surface area contributed by atoms with Crippen LogP contribution in [-0.4, -0.2) is 11.1 Å². The number of hydrogen-bond acceptors (Lipinski definition) is 4. The van der Waals surface area contributed by atoms with Crippen molar-refractivity contribution in [1.29, 1.82) is 0 Å². The summed E-state index contributed by atoms with van der Waals surface area (Å²) in [5.41, 5.74) is 6.98. The average molecular weight is 312 g/mol. The molecule has 0 fully saturated rings. The van der Waals surface area contributed by atoms with Crippen LogP contribution in [0.1, 0.15) is 13.8 Å². The molecule has 2 aromatic rings. The van der Waals surface area contributed by atoms with Crippen molar-refractivity contribution in [2.45, 2.75) is 20.0 Å². The van der Waals surface area contributed by atoms with E-state index in [2.05, 4.69) is 10.3 Å². The summed E-state index contributed by atoms with van der Waals surface area (Å²) in [6, 6.07) is 8.64. The standard InChI is InChI=1S/C14H15Cl2N3O/c1-8(2)20-14-11(17)5-6-13(19-14)18-12-7-9(15)3-4-10(12)16/h3-8H,17H2,1-2H3,(H,18,19). The highest BCUT2D eigenvalue weighted by atomic mass is 35.5. The third-order valence-corrected chi connectivity index (χ3v) is 2.99. The molecular formula is C14H15Cl2N3O. The molecule has 6 heteroatoms. The third-order valence-electron chi connectivity index (χ3n) is 2.43. The van der Waals surface area contributed by atoms with Gasteiger partial charge in [-0.3, -0.25) is 0 Å². The molecule has 0 aliphatic heterocycles. The highest BCUT2D eigenvalue weighted by Gasteiger charge is 2.08. The number of ether oxygens (including phenoxy) is 1. The van der Waals surface area contributed by atoms with Crippen molar-refractivity contribution in [3.05, 3.63) is 40.4 Å². The Kier molecular flexibility index (Phi) is 4.57. The maximum Gasteiger partial charge on any atom is 0.239 e. The first-order valence-corrected chi connectivity index (χ1v) is 6.86. The summed E-state index contributed by atoms with van der Waals surface area (Å²) in [5.74, 6) is 0.974. The number of nitrogens with one attached hydrogen (secondary N) is 1. The molecular weight excluding hydrogens is 297 g/mol. The fourth-order valence-electron chi connectivity index (χ4n) is 1.57. The van der Waals surface area contributed by atoms with E-state index in [9.17, 15) is 0 Å². The lowest BCUT2D eigenvalue weighted by molar-refractivity contribution is 0.234. The molecule has 0 bridgehead atoms. The van der Waals surface area contributed by atoms with Crippen LogP contribution in [0.15, 0.2) is 30.3 Å². The lowest BCUT2D eigenvalue weighted by Gasteiger charge is -2.13. The molecule has 0 amide bonds. The first-order chi connectivity index (χ1) is 9.45.